The second kappa shape index (κ2) is 7.45. The second-order valence-electron chi connectivity index (χ2n) is 6.13. The number of anilines is 3. The van der Waals surface area contributed by atoms with E-state index in [0.717, 1.165) is 16.8 Å². The van der Waals surface area contributed by atoms with E-state index in [1.54, 1.807) is 19.2 Å². The quantitative estimate of drug-likeness (QED) is 0.672. The van der Waals surface area contributed by atoms with Crippen LogP contribution in [0.3, 0.4) is 0 Å². The third-order valence-electron chi connectivity index (χ3n) is 4.13. The van der Waals surface area contributed by atoms with E-state index in [1.165, 1.54) is 6.92 Å². The molecule has 27 heavy (non-hydrogen) atoms. The number of esters is 1. The van der Waals surface area contributed by atoms with Gasteiger partial charge in [-0.2, -0.15) is 5.10 Å². The van der Waals surface area contributed by atoms with Crippen molar-refractivity contribution in [2.45, 2.75) is 27.7 Å². The molecule has 8 heteroatoms. The number of fused-ring (bicyclic) bond motifs is 1. The average Bonchev–Trinajstić information content (AvgIpc) is 2.95. The lowest BCUT2D eigenvalue weighted by Gasteiger charge is -2.13. The first-order valence-corrected chi connectivity index (χ1v) is 8.56. The van der Waals surface area contributed by atoms with E-state index in [2.05, 4.69) is 20.8 Å². The van der Waals surface area contributed by atoms with Gasteiger partial charge in [0.2, 0.25) is 11.9 Å². The van der Waals surface area contributed by atoms with E-state index < -0.39 is 0 Å². The van der Waals surface area contributed by atoms with Crippen LogP contribution in [-0.2, 0) is 9.53 Å². The van der Waals surface area contributed by atoms with Gasteiger partial charge in [-0.1, -0.05) is 6.07 Å². The highest BCUT2D eigenvalue weighted by molar-refractivity contribution is 5.93. The molecule has 0 aliphatic carbocycles. The number of nitrogens with zero attached hydrogens (tertiary/aromatic N) is 3. The van der Waals surface area contributed by atoms with Crippen LogP contribution >= 0.6 is 0 Å². The molecule has 2 heterocycles. The Balaban J connectivity index is 2.03. The lowest BCUT2D eigenvalue weighted by Crippen LogP contribution is -2.09. The monoisotopic (exact) mass is 367 g/mol. The second-order valence-corrected chi connectivity index (χ2v) is 6.13. The Morgan fingerprint density at radius 1 is 1.22 bits per heavy atom. The zero-order chi connectivity index (χ0) is 19.6. The number of rotatable bonds is 5. The maximum Gasteiger partial charge on any atom is 0.339 e. The molecule has 3 rings (SSSR count). The Hall–Kier alpha value is -3.42. The van der Waals surface area contributed by atoms with Crippen molar-refractivity contribution in [1.29, 1.82) is 0 Å². The molecule has 0 saturated carbocycles. The van der Waals surface area contributed by atoms with Crippen LogP contribution in [0.5, 0.6) is 0 Å². The van der Waals surface area contributed by atoms with Crippen LogP contribution in [0.4, 0.5) is 17.3 Å². The van der Waals surface area contributed by atoms with Crippen LogP contribution in [0, 0.1) is 13.8 Å². The number of carbonyl (C=O) groups is 2. The molecule has 1 amide bonds. The zero-order valence-corrected chi connectivity index (χ0v) is 15.7. The summed E-state index contributed by atoms with van der Waals surface area (Å²) in [7, 11) is 0. The van der Waals surface area contributed by atoms with E-state index in [0.29, 0.717) is 29.5 Å². The number of carbonyl (C=O) groups excluding carboxylic acids is 2. The number of amides is 1. The van der Waals surface area contributed by atoms with E-state index in [1.807, 2.05) is 36.4 Å². The van der Waals surface area contributed by atoms with Gasteiger partial charge in [-0.3, -0.25) is 9.20 Å². The Morgan fingerprint density at radius 3 is 2.70 bits per heavy atom. The molecule has 1 aromatic carbocycles. The van der Waals surface area contributed by atoms with Crippen molar-refractivity contribution in [3.63, 3.8) is 0 Å². The molecule has 0 atom stereocenters. The minimum Gasteiger partial charge on any atom is -0.462 e. The van der Waals surface area contributed by atoms with Gasteiger partial charge in [0.05, 0.1) is 23.9 Å². The van der Waals surface area contributed by atoms with Crippen LogP contribution in [0.15, 0.2) is 30.5 Å². The maximum atomic E-state index is 12.2. The van der Waals surface area contributed by atoms with Gasteiger partial charge in [-0.05, 0) is 44.5 Å². The molecule has 0 fully saturated rings. The Bertz CT molecular complexity index is 1030. The van der Waals surface area contributed by atoms with Gasteiger partial charge in [-0.15, -0.1) is 5.10 Å². The molecular weight excluding hydrogens is 346 g/mol. The molecule has 8 nitrogen and oxygen atoms in total. The molecule has 0 saturated heterocycles. The molecule has 0 bridgehead atoms. The fourth-order valence-corrected chi connectivity index (χ4v) is 2.85. The van der Waals surface area contributed by atoms with Gasteiger partial charge in [0, 0.05) is 24.0 Å². The van der Waals surface area contributed by atoms with Gasteiger partial charge in [0.1, 0.15) is 0 Å². The molecule has 3 aromatic rings. The molecule has 2 N–H and O–H groups in total. The Morgan fingerprint density at radius 2 is 2.00 bits per heavy atom. The number of nitrogens with one attached hydrogen (secondary N) is 2. The van der Waals surface area contributed by atoms with E-state index in [-0.39, 0.29) is 11.9 Å². The fraction of sp³-hybridized carbons (Fsp3) is 0.263. The molecule has 2 aromatic heterocycles. The predicted molar refractivity (Wildman–Crippen MR) is 102 cm³/mol. The Labute approximate surface area is 156 Å². The standard InChI is InChI=1S/C19H21N5O3/c1-5-27-18(26)16-9-15-10-20-23-19(24(15)12(16)3)22-17-8-14(21-13(4)25)7-6-11(17)2/h6-10H,5H2,1-4H3,(H,21,25)(H,22,23). The largest absolute Gasteiger partial charge is 0.462 e. The van der Waals surface area contributed by atoms with Gasteiger partial charge in [0.25, 0.3) is 0 Å². The van der Waals surface area contributed by atoms with E-state index in [9.17, 15) is 9.59 Å². The van der Waals surface area contributed by atoms with Crippen molar-refractivity contribution in [1.82, 2.24) is 14.6 Å². The SMILES string of the molecule is CCOC(=O)c1cc2cnnc(Nc3cc(NC(C)=O)ccc3C)n2c1C. The highest BCUT2D eigenvalue weighted by Crippen LogP contribution is 2.26. The minimum absolute atomic E-state index is 0.146. The lowest BCUT2D eigenvalue weighted by molar-refractivity contribution is -0.114. The number of ether oxygens (including phenoxy) is 1. The normalized spacial score (nSPS) is 10.7. The van der Waals surface area contributed by atoms with Crippen molar-refractivity contribution >= 4 is 34.7 Å². The van der Waals surface area contributed by atoms with Gasteiger partial charge in [-0.25, -0.2) is 4.79 Å². The van der Waals surface area contributed by atoms with Crippen LogP contribution in [0.2, 0.25) is 0 Å². The summed E-state index contributed by atoms with van der Waals surface area (Å²) >= 11 is 0. The highest BCUT2D eigenvalue weighted by atomic mass is 16.5. The minimum atomic E-state index is -0.381. The number of hydrogen-bond acceptors (Lipinski definition) is 6. The maximum absolute atomic E-state index is 12.2. The molecule has 0 spiro atoms. The first-order valence-electron chi connectivity index (χ1n) is 8.56. The number of hydrogen-bond donors (Lipinski definition) is 2. The zero-order valence-electron chi connectivity index (χ0n) is 15.7. The van der Waals surface area contributed by atoms with E-state index >= 15 is 0 Å². The fourth-order valence-electron chi connectivity index (χ4n) is 2.85. The number of aryl methyl sites for hydroxylation is 2. The third-order valence-corrected chi connectivity index (χ3v) is 4.13. The topological polar surface area (TPSA) is 97.6 Å². The smallest absolute Gasteiger partial charge is 0.339 e. The number of benzene rings is 1. The molecular formula is C19H21N5O3. The third kappa shape index (κ3) is 3.74. The van der Waals surface area contributed by atoms with Crippen molar-refractivity contribution in [3.8, 4) is 0 Å². The molecule has 0 radical (unpaired) electrons. The van der Waals surface area contributed by atoms with Crippen LogP contribution < -0.4 is 10.6 Å². The van der Waals surface area contributed by atoms with Gasteiger partial charge in [0.15, 0.2) is 0 Å². The van der Waals surface area contributed by atoms with Crippen molar-refractivity contribution < 1.29 is 14.3 Å². The first-order chi connectivity index (χ1) is 12.9. The summed E-state index contributed by atoms with van der Waals surface area (Å²) in [6.45, 7) is 7.30. The summed E-state index contributed by atoms with van der Waals surface area (Å²) in [5.74, 6) is -0.0656. The van der Waals surface area contributed by atoms with Gasteiger partial charge < -0.3 is 15.4 Å². The van der Waals surface area contributed by atoms with E-state index in [4.69, 9.17) is 4.74 Å². The average molecular weight is 367 g/mol. The first kappa shape index (κ1) is 18.4. The summed E-state index contributed by atoms with van der Waals surface area (Å²) in [6.07, 6.45) is 1.58. The summed E-state index contributed by atoms with van der Waals surface area (Å²) in [4.78, 5) is 23.5. The lowest BCUT2D eigenvalue weighted by atomic mass is 10.2. The van der Waals surface area contributed by atoms with Crippen molar-refractivity contribution in [2.24, 2.45) is 0 Å². The Kier molecular flexibility index (Phi) is 5.07. The molecule has 0 unspecified atom stereocenters. The molecule has 140 valence electrons. The summed E-state index contributed by atoms with van der Waals surface area (Å²) in [5.41, 5.74) is 4.32. The summed E-state index contributed by atoms with van der Waals surface area (Å²) in [5, 5.41) is 14.2. The van der Waals surface area contributed by atoms with Crippen LogP contribution in [-0.4, -0.2) is 33.1 Å². The highest BCUT2D eigenvalue weighted by Gasteiger charge is 2.18. The summed E-state index contributed by atoms with van der Waals surface area (Å²) in [6, 6.07) is 7.28. The van der Waals surface area contributed by atoms with Crippen molar-refractivity contribution in [3.05, 3.63) is 47.3 Å². The summed E-state index contributed by atoms with van der Waals surface area (Å²) < 4.78 is 6.92. The molecule has 0 aliphatic rings. The van der Waals surface area contributed by atoms with Gasteiger partial charge >= 0.3 is 5.97 Å². The van der Waals surface area contributed by atoms with Crippen LogP contribution in [0.25, 0.3) is 5.52 Å². The van der Waals surface area contributed by atoms with Crippen LogP contribution in [0.1, 0.15) is 35.5 Å². The predicted octanol–water partition coefficient (Wildman–Crippen LogP) is 3.22. The molecule has 0 aliphatic heterocycles. The van der Waals surface area contributed by atoms with Crippen molar-refractivity contribution in [2.75, 3.05) is 17.2 Å². The number of aromatic nitrogens is 3.